The van der Waals surface area contributed by atoms with Crippen molar-refractivity contribution in [3.05, 3.63) is 18.2 Å². The van der Waals surface area contributed by atoms with Gasteiger partial charge >= 0.3 is 0 Å². The molecule has 0 saturated carbocycles. The monoisotopic (exact) mass is 279 g/mol. The highest BCUT2D eigenvalue weighted by molar-refractivity contribution is 5.91. The molecule has 0 bridgehead atoms. The smallest absolute Gasteiger partial charge is 0.289 e. The third kappa shape index (κ3) is 3.16. The summed E-state index contributed by atoms with van der Waals surface area (Å²) in [5.41, 5.74) is 5.37. The molecule has 1 unspecified atom stereocenters. The summed E-state index contributed by atoms with van der Waals surface area (Å²) in [5, 5.41) is 2.78. The van der Waals surface area contributed by atoms with Crippen LogP contribution in [0.3, 0.4) is 0 Å². The number of nitrogens with two attached hydrogens (primary N) is 1. The van der Waals surface area contributed by atoms with Crippen LogP contribution in [0.25, 0.3) is 0 Å². The van der Waals surface area contributed by atoms with Crippen molar-refractivity contribution >= 4 is 11.8 Å². The first-order valence-corrected chi connectivity index (χ1v) is 6.88. The lowest BCUT2D eigenvalue weighted by Gasteiger charge is -2.31. The number of aryl methyl sites for hydroxylation is 1. The van der Waals surface area contributed by atoms with Crippen molar-refractivity contribution in [2.75, 3.05) is 26.2 Å². The van der Waals surface area contributed by atoms with Crippen LogP contribution in [0.2, 0.25) is 0 Å². The van der Waals surface area contributed by atoms with Crippen molar-refractivity contribution in [3.8, 4) is 0 Å². The highest BCUT2D eigenvalue weighted by Crippen LogP contribution is 2.18. The summed E-state index contributed by atoms with van der Waals surface area (Å²) >= 11 is 0. The SMILES string of the molecule is Cn1ccnc1C(=O)N1CCCC(C(=O)NCCN)C1. The lowest BCUT2D eigenvalue weighted by molar-refractivity contribution is -0.126. The molecule has 1 atom stereocenters. The Labute approximate surface area is 118 Å². The number of likely N-dealkylation sites (tertiary alicyclic amines) is 1. The Hall–Kier alpha value is -1.89. The number of imidazole rings is 1. The molecule has 0 radical (unpaired) electrons. The van der Waals surface area contributed by atoms with Gasteiger partial charge in [0.05, 0.1) is 5.92 Å². The van der Waals surface area contributed by atoms with Gasteiger partial charge in [-0.2, -0.15) is 0 Å². The summed E-state index contributed by atoms with van der Waals surface area (Å²) in [6.45, 7) is 2.02. The van der Waals surface area contributed by atoms with Crippen molar-refractivity contribution in [2.45, 2.75) is 12.8 Å². The summed E-state index contributed by atoms with van der Waals surface area (Å²) in [6.07, 6.45) is 4.98. The average molecular weight is 279 g/mol. The second-order valence-corrected chi connectivity index (χ2v) is 5.03. The third-order valence-corrected chi connectivity index (χ3v) is 3.54. The predicted molar refractivity (Wildman–Crippen MR) is 73.9 cm³/mol. The van der Waals surface area contributed by atoms with E-state index in [4.69, 9.17) is 5.73 Å². The van der Waals surface area contributed by atoms with Gasteiger partial charge in [0.2, 0.25) is 5.91 Å². The summed E-state index contributed by atoms with van der Waals surface area (Å²) in [5.74, 6) is 0.120. The highest BCUT2D eigenvalue weighted by Gasteiger charge is 2.29. The fraction of sp³-hybridized carbons (Fsp3) is 0.615. The number of amides is 2. The van der Waals surface area contributed by atoms with Gasteiger partial charge in [0, 0.05) is 45.6 Å². The lowest BCUT2D eigenvalue weighted by atomic mass is 9.97. The van der Waals surface area contributed by atoms with Gasteiger partial charge in [0.15, 0.2) is 5.82 Å². The van der Waals surface area contributed by atoms with Crippen LogP contribution in [0, 0.1) is 5.92 Å². The van der Waals surface area contributed by atoms with E-state index in [0.29, 0.717) is 32.0 Å². The minimum atomic E-state index is -0.153. The number of piperidine rings is 1. The van der Waals surface area contributed by atoms with Crippen molar-refractivity contribution in [2.24, 2.45) is 18.7 Å². The molecular weight excluding hydrogens is 258 g/mol. The molecule has 1 aromatic rings. The maximum absolute atomic E-state index is 12.4. The number of carbonyl (C=O) groups is 2. The van der Waals surface area contributed by atoms with Gasteiger partial charge in [0.25, 0.3) is 5.91 Å². The second kappa shape index (κ2) is 6.51. The highest BCUT2D eigenvalue weighted by atomic mass is 16.2. The molecule has 3 N–H and O–H groups in total. The van der Waals surface area contributed by atoms with Crippen LogP contribution in [0.1, 0.15) is 23.5 Å². The van der Waals surface area contributed by atoms with Gasteiger partial charge in [-0.1, -0.05) is 0 Å². The largest absolute Gasteiger partial charge is 0.355 e. The topological polar surface area (TPSA) is 93.2 Å². The Morgan fingerprint density at radius 3 is 3.00 bits per heavy atom. The standard InChI is InChI=1S/C13H21N5O2/c1-17-8-6-15-11(17)13(20)18-7-2-3-10(9-18)12(19)16-5-4-14/h6,8,10H,2-5,7,9,14H2,1H3,(H,16,19). The van der Waals surface area contributed by atoms with Gasteiger partial charge in [-0.05, 0) is 12.8 Å². The zero-order valence-electron chi connectivity index (χ0n) is 11.7. The van der Waals surface area contributed by atoms with Gasteiger partial charge < -0.3 is 20.5 Å². The molecule has 1 aromatic heterocycles. The third-order valence-electron chi connectivity index (χ3n) is 3.54. The van der Waals surface area contributed by atoms with E-state index in [2.05, 4.69) is 10.3 Å². The van der Waals surface area contributed by atoms with Crippen LogP contribution >= 0.6 is 0 Å². The van der Waals surface area contributed by atoms with Crippen molar-refractivity contribution in [3.63, 3.8) is 0 Å². The molecule has 1 saturated heterocycles. The van der Waals surface area contributed by atoms with Crippen molar-refractivity contribution < 1.29 is 9.59 Å². The van der Waals surface area contributed by atoms with Crippen LogP contribution in [0.4, 0.5) is 0 Å². The molecule has 0 aromatic carbocycles. The molecule has 1 aliphatic heterocycles. The number of hydrogen-bond donors (Lipinski definition) is 2. The van der Waals surface area contributed by atoms with E-state index in [0.717, 1.165) is 12.8 Å². The zero-order chi connectivity index (χ0) is 14.5. The van der Waals surface area contributed by atoms with E-state index in [-0.39, 0.29) is 17.7 Å². The Morgan fingerprint density at radius 2 is 2.35 bits per heavy atom. The van der Waals surface area contributed by atoms with Gasteiger partial charge in [-0.3, -0.25) is 9.59 Å². The Morgan fingerprint density at radius 1 is 1.55 bits per heavy atom. The molecular formula is C13H21N5O2. The van der Waals surface area contributed by atoms with Crippen molar-refractivity contribution in [1.82, 2.24) is 19.8 Å². The molecule has 20 heavy (non-hydrogen) atoms. The first kappa shape index (κ1) is 14.5. The van der Waals surface area contributed by atoms with Crippen LogP contribution in [-0.4, -0.2) is 52.4 Å². The zero-order valence-corrected chi connectivity index (χ0v) is 11.7. The summed E-state index contributed by atoms with van der Waals surface area (Å²) in [4.78, 5) is 30.1. The van der Waals surface area contributed by atoms with Crippen molar-refractivity contribution in [1.29, 1.82) is 0 Å². The molecule has 1 fully saturated rings. The number of nitrogens with zero attached hydrogens (tertiary/aromatic N) is 3. The van der Waals surface area contributed by atoms with Gasteiger partial charge in [0.1, 0.15) is 0 Å². The predicted octanol–water partition coefficient (Wildman–Crippen LogP) is -0.653. The van der Waals surface area contributed by atoms with Crippen LogP contribution in [0.15, 0.2) is 12.4 Å². The molecule has 2 heterocycles. The fourth-order valence-corrected chi connectivity index (χ4v) is 2.43. The van der Waals surface area contributed by atoms with Crippen LogP contribution < -0.4 is 11.1 Å². The number of aromatic nitrogens is 2. The Balaban J connectivity index is 1.98. The average Bonchev–Trinajstić information content (AvgIpc) is 2.90. The van der Waals surface area contributed by atoms with E-state index < -0.39 is 0 Å². The van der Waals surface area contributed by atoms with Crippen LogP contribution in [0.5, 0.6) is 0 Å². The lowest BCUT2D eigenvalue weighted by Crippen LogP contribution is -2.46. The molecule has 7 nitrogen and oxygen atoms in total. The molecule has 1 aliphatic rings. The first-order valence-electron chi connectivity index (χ1n) is 6.88. The number of nitrogens with one attached hydrogen (secondary N) is 1. The minimum Gasteiger partial charge on any atom is -0.355 e. The van der Waals surface area contributed by atoms with E-state index in [1.165, 1.54) is 0 Å². The maximum atomic E-state index is 12.4. The second-order valence-electron chi connectivity index (χ2n) is 5.03. The summed E-state index contributed by atoms with van der Waals surface area (Å²) in [7, 11) is 1.79. The molecule has 0 aliphatic carbocycles. The molecule has 110 valence electrons. The van der Waals surface area contributed by atoms with E-state index in [1.54, 1.807) is 28.9 Å². The number of hydrogen-bond acceptors (Lipinski definition) is 4. The minimum absolute atomic E-state index is 0.0206. The summed E-state index contributed by atoms with van der Waals surface area (Å²) in [6, 6.07) is 0. The first-order chi connectivity index (χ1) is 9.63. The van der Waals surface area contributed by atoms with Gasteiger partial charge in [-0.15, -0.1) is 0 Å². The number of rotatable bonds is 4. The van der Waals surface area contributed by atoms with E-state index >= 15 is 0 Å². The van der Waals surface area contributed by atoms with Crippen LogP contribution in [-0.2, 0) is 11.8 Å². The Bertz CT molecular complexity index is 485. The summed E-state index contributed by atoms with van der Waals surface area (Å²) < 4.78 is 1.69. The molecule has 0 spiro atoms. The van der Waals surface area contributed by atoms with E-state index in [1.807, 2.05) is 0 Å². The van der Waals surface area contributed by atoms with Gasteiger partial charge in [-0.25, -0.2) is 4.98 Å². The van der Waals surface area contributed by atoms with E-state index in [9.17, 15) is 9.59 Å². The maximum Gasteiger partial charge on any atom is 0.289 e. The molecule has 7 heteroatoms. The molecule has 2 amide bonds. The normalized spacial score (nSPS) is 18.9. The fourth-order valence-electron chi connectivity index (χ4n) is 2.43. The Kier molecular flexibility index (Phi) is 4.73. The number of carbonyl (C=O) groups excluding carboxylic acids is 2. The molecule has 2 rings (SSSR count). The quantitative estimate of drug-likeness (QED) is 0.765.